The molecule has 0 radical (unpaired) electrons. The van der Waals surface area contributed by atoms with Crippen LogP contribution in [0.1, 0.15) is 18.9 Å². The number of fused-ring (bicyclic) bond motifs is 5. The van der Waals surface area contributed by atoms with Crippen molar-refractivity contribution in [1.82, 2.24) is 34.1 Å². The molecule has 7 heterocycles. The van der Waals surface area contributed by atoms with Crippen LogP contribution in [-0.4, -0.2) is 77.9 Å². The molecule has 236 valence electrons. The normalized spacial score (nSPS) is 36.6. The molecule has 0 saturated carbocycles. The van der Waals surface area contributed by atoms with Gasteiger partial charge in [0.2, 0.25) is 5.95 Å². The van der Waals surface area contributed by atoms with Crippen LogP contribution in [0.5, 0.6) is 0 Å². The first kappa shape index (κ1) is 30.1. The number of nitrogen functional groups attached to an aromatic ring is 2. The highest BCUT2D eigenvalue weighted by atomic mass is 32.7. The molecule has 3 fully saturated rings. The molecule has 4 unspecified atom stereocenters. The Kier molecular flexibility index (Phi) is 7.55. The summed E-state index contributed by atoms with van der Waals surface area (Å²) in [6.45, 7) is -9.39. The molecule has 23 heteroatoms. The van der Waals surface area contributed by atoms with Crippen molar-refractivity contribution in [1.29, 1.82) is 0 Å². The van der Waals surface area contributed by atoms with Crippen LogP contribution >= 0.6 is 38.1 Å². The average molecular weight is 692 g/mol. The van der Waals surface area contributed by atoms with E-state index in [2.05, 4.69) is 49.4 Å². The van der Waals surface area contributed by atoms with Crippen molar-refractivity contribution in [3.05, 3.63) is 35.3 Å². The molecule has 4 aromatic rings. The number of pyridine rings is 1. The maximum absolute atomic E-state index is 16.0. The molecule has 7 rings (SSSR count). The molecular weight excluding hydrogens is 667 g/mol. The van der Waals surface area contributed by atoms with Crippen LogP contribution in [0.2, 0.25) is 0 Å². The van der Waals surface area contributed by atoms with E-state index in [0.29, 0.717) is 11.2 Å². The minimum Gasteiger partial charge on any atom is -0.397 e. The van der Waals surface area contributed by atoms with E-state index in [1.54, 1.807) is 0 Å². The summed E-state index contributed by atoms with van der Waals surface area (Å²) in [5.74, 6) is -0.170. The number of nitrogens with zero attached hydrogens (tertiary/aromatic N) is 6. The van der Waals surface area contributed by atoms with Gasteiger partial charge in [-0.15, -0.1) is 0 Å². The number of halogens is 1. The van der Waals surface area contributed by atoms with Crippen molar-refractivity contribution < 1.29 is 41.1 Å². The Morgan fingerprint density at radius 2 is 1.64 bits per heavy atom. The second-order valence-corrected chi connectivity index (χ2v) is 15.9. The standard InChI is InChI=1S/C21H24FN9O9P2S2/c22-12-15-11(38-20(12)30-6-26-13-9(23)1-2-25-16(13)30)5-36-41(33,43)39-10-3-8(4-35-42(34,44)40-15)37-19(10)31-7-27-14-17(31)28-21(24)29-18(14)32/h1-2,6-8,10-12,15,19-20H,3-5H2,(H2,23,25)(H,33,43)(H,34,44)(H3,24,28,29,32)/t8-,10?,11+,12?,15?,19+,20+,41+,42?/m0/s1. The minimum absolute atomic E-state index is 0.0301. The van der Waals surface area contributed by atoms with Gasteiger partial charge in [-0.05, 0) is 6.07 Å². The lowest BCUT2D eigenvalue weighted by Gasteiger charge is -2.26. The van der Waals surface area contributed by atoms with E-state index in [-0.39, 0.29) is 35.8 Å². The molecule has 9 atom stereocenters. The zero-order valence-corrected chi connectivity index (χ0v) is 25.7. The van der Waals surface area contributed by atoms with E-state index in [0.717, 1.165) is 0 Å². The van der Waals surface area contributed by atoms with Gasteiger partial charge in [-0.1, -0.05) is 24.5 Å². The number of nitrogens with two attached hydrogens (primary N) is 2. The van der Waals surface area contributed by atoms with Crippen LogP contribution in [-0.2, 0) is 36.7 Å². The third-order valence-electron chi connectivity index (χ3n) is 7.25. The monoisotopic (exact) mass is 691 g/mol. The molecule has 0 aromatic carbocycles. The Morgan fingerprint density at radius 3 is 2.43 bits per heavy atom. The number of aromatic amines is 1. The summed E-state index contributed by atoms with van der Waals surface area (Å²) in [5, 5.41) is 0. The second-order valence-electron chi connectivity index (χ2n) is 10.1. The Hall–Kier alpha value is -2.58. The number of nitrogens with one attached hydrogen (secondary N) is 1. The number of H-pyrrole nitrogens is 1. The minimum atomic E-state index is -4.26. The maximum Gasteiger partial charge on any atom is 0.386 e. The molecular formula is C21H24FN9O9P2S2. The molecule has 44 heavy (non-hydrogen) atoms. The third kappa shape index (κ3) is 5.44. The number of aromatic nitrogens is 7. The average Bonchev–Trinajstić information content (AvgIpc) is 3.72. The summed E-state index contributed by atoms with van der Waals surface area (Å²) in [7, 11) is 0. The number of hydrogen-bond acceptors (Lipinski definition) is 15. The van der Waals surface area contributed by atoms with Crippen LogP contribution in [0.3, 0.4) is 0 Å². The predicted molar refractivity (Wildman–Crippen MR) is 157 cm³/mol. The number of rotatable bonds is 2. The van der Waals surface area contributed by atoms with Gasteiger partial charge in [0, 0.05) is 12.6 Å². The van der Waals surface area contributed by atoms with Crippen LogP contribution < -0.4 is 17.0 Å². The summed E-state index contributed by atoms with van der Waals surface area (Å²) in [5.41, 5.74) is 12.0. The summed E-state index contributed by atoms with van der Waals surface area (Å²) in [6, 6.07) is 1.54. The van der Waals surface area contributed by atoms with E-state index < -0.39 is 68.8 Å². The lowest BCUT2D eigenvalue weighted by Crippen LogP contribution is -2.33. The van der Waals surface area contributed by atoms with Gasteiger partial charge in [0.05, 0.1) is 37.7 Å². The van der Waals surface area contributed by atoms with Crippen molar-refractivity contribution in [2.24, 2.45) is 0 Å². The van der Waals surface area contributed by atoms with Crippen molar-refractivity contribution >= 4 is 72.1 Å². The number of thiol groups is 2. The second kappa shape index (κ2) is 11.0. The van der Waals surface area contributed by atoms with Crippen molar-refractivity contribution in [3.8, 4) is 0 Å². The topological polar surface area (TPSA) is 236 Å². The van der Waals surface area contributed by atoms with E-state index in [4.69, 9.17) is 39.0 Å². The number of anilines is 2. The Bertz CT molecular complexity index is 1910. The highest BCUT2D eigenvalue weighted by Gasteiger charge is 2.52. The first-order valence-electron chi connectivity index (χ1n) is 12.9. The van der Waals surface area contributed by atoms with Gasteiger partial charge in [0.1, 0.15) is 23.8 Å². The van der Waals surface area contributed by atoms with Crippen molar-refractivity contribution in [3.63, 3.8) is 0 Å². The Balaban J connectivity index is 1.19. The quantitative estimate of drug-likeness (QED) is 0.150. The van der Waals surface area contributed by atoms with Crippen LogP contribution in [0, 0.1) is 0 Å². The van der Waals surface area contributed by atoms with Gasteiger partial charge in [0.25, 0.3) is 5.56 Å². The van der Waals surface area contributed by atoms with E-state index in [1.807, 2.05) is 0 Å². The summed E-state index contributed by atoms with van der Waals surface area (Å²) >= 11 is 8.17. The summed E-state index contributed by atoms with van der Waals surface area (Å²) in [4.78, 5) is 31.2. The smallest absolute Gasteiger partial charge is 0.386 e. The van der Waals surface area contributed by atoms with Crippen LogP contribution in [0.15, 0.2) is 29.7 Å². The number of alkyl halides is 1. The Labute approximate surface area is 256 Å². The van der Waals surface area contributed by atoms with Gasteiger partial charge in [-0.3, -0.25) is 37.0 Å². The highest BCUT2D eigenvalue weighted by Crippen LogP contribution is 2.60. The maximum atomic E-state index is 16.0. The molecule has 0 amide bonds. The van der Waals surface area contributed by atoms with E-state index in [1.165, 1.54) is 34.1 Å². The zero-order valence-electron chi connectivity index (χ0n) is 22.2. The fraction of sp³-hybridized carbons (Fsp3) is 0.476. The van der Waals surface area contributed by atoms with E-state index >= 15 is 4.39 Å². The Morgan fingerprint density at radius 1 is 0.932 bits per heavy atom. The lowest BCUT2D eigenvalue weighted by molar-refractivity contribution is -0.0561. The van der Waals surface area contributed by atoms with Crippen molar-refractivity contribution in [2.45, 2.75) is 49.5 Å². The van der Waals surface area contributed by atoms with Crippen molar-refractivity contribution in [2.75, 3.05) is 24.7 Å². The fourth-order valence-corrected chi connectivity index (χ4v) is 8.33. The number of hydrogen-bond donors (Lipinski definition) is 5. The molecule has 2 bridgehead atoms. The van der Waals surface area contributed by atoms with Gasteiger partial charge < -0.3 is 20.9 Å². The number of ether oxygens (including phenoxy) is 2. The highest BCUT2D eigenvalue weighted by molar-refractivity contribution is 8.44. The molecule has 18 nitrogen and oxygen atoms in total. The fourth-order valence-electron chi connectivity index (χ4n) is 5.34. The third-order valence-corrected chi connectivity index (χ3v) is 10.5. The number of imidazole rings is 2. The van der Waals surface area contributed by atoms with E-state index in [9.17, 15) is 13.9 Å². The van der Waals surface area contributed by atoms with Crippen LogP contribution in [0.25, 0.3) is 22.3 Å². The van der Waals surface area contributed by atoms with Crippen LogP contribution in [0.4, 0.5) is 16.0 Å². The summed E-state index contributed by atoms with van der Waals surface area (Å²) < 4.78 is 79.8. The molecule has 0 aliphatic carbocycles. The molecule has 4 aromatic heterocycles. The lowest BCUT2D eigenvalue weighted by atomic mass is 10.1. The summed E-state index contributed by atoms with van der Waals surface area (Å²) in [6.07, 6.45) is -5.10. The molecule has 5 N–H and O–H groups in total. The first-order valence-corrected chi connectivity index (χ1v) is 18.3. The van der Waals surface area contributed by atoms with Gasteiger partial charge >= 0.3 is 13.6 Å². The molecule has 3 saturated heterocycles. The first-order chi connectivity index (χ1) is 20.9. The SMILES string of the molecule is Nc1nc2c(ncn2[C@@H]2O[C@@H]3COP(=O)(S)OC4C(F)[C@H](n5cnc6c(N)ccnc65)O[C@@H]4CO[P@@](=O)(S)OC2C3)c(=O)[nH]1. The molecule has 0 spiro atoms. The van der Waals surface area contributed by atoms with Gasteiger partial charge in [0.15, 0.2) is 35.4 Å². The van der Waals surface area contributed by atoms with Gasteiger partial charge in [-0.25, -0.2) is 28.5 Å². The molecule has 3 aliphatic rings. The largest absolute Gasteiger partial charge is 0.397 e. The predicted octanol–water partition coefficient (Wildman–Crippen LogP) is 2.14. The zero-order chi connectivity index (χ0) is 31.0. The molecule has 3 aliphatic heterocycles. The van der Waals surface area contributed by atoms with Gasteiger partial charge in [-0.2, -0.15) is 4.98 Å².